The van der Waals surface area contributed by atoms with Gasteiger partial charge in [-0.3, -0.25) is 9.69 Å². The number of halogens is 1. The number of aromatic carboxylic acids is 1. The first kappa shape index (κ1) is 17.9. The molecule has 2 aromatic carbocycles. The molecule has 1 aliphatic carbocycles. The van der Waals surface area contributed by atoms with Crippen molar-refractivity contribution >= 4 is 34.9 Å². The number of nitrogens with zero attached hydrogens (tertiary/aromatic N) is 2. The number of benzene rings is 2. The average molecular weight is 409 g/mol. The lowest BCUT2D eigenvalue weighted by Crippen LogP contribution is -2.39. The molecule has 5 rings (SSSR count). The summed E-state index contributed by atoms with van der Waals surface area (Å²) in [5.74, 6) is -0.490. The van der Waals surface area contributed by atoms with Crippen LogP contribution < -0.4 is 4.90 Å². The number of hydrogen-bond acceptors (Lipinski definition) is 4. The van der Waals surface area contributed by atoms with Gasteiger partial charge in [0.25, 0.3) is 0 Å². The summed E-state index contributed by atoms with van der Waals surface area (Å²) in [6.07, 6.45) is 0.951. The molecule has 2 heterocycles. The maximum Gasteiger partial charge on any atom is 0.335 e. The number of aryl methyl sites for hydroxylation is 2. The van der Waals surface area contributed by atoms with Gasteiger partial charge in [0.05, 0.1) is 16.7 Å². The fourth-order valence-electron chi connectivity index (χ4n) is 4.70. The molecule has 1 aromatic heterocycles. The Balaban J connectivity index is 1.70. The van der Waals surface area contributed by atoms with Crippen molar-refractivity contribution < 1.29 is 19.2 Å². The molecule has 29 heavy (non-hydrogen) atoms. The van der Waals surface area contributed by atoms with Crippen LogP contribution in [-0.2, 0) is 23.1 Å². The summed E-state index contributed by atoms with van der Waals surface area (Å²) in [5.41, 5.74) is 4.19. The number of carboxylic acids is 1. The Morgan fingerprint density at radius 1 is 1.17 bits per heavy atom. The van der Waals surface area contributed by atoms with E-state index >= 15 is 0 Å². The maximum atomic E-state index is 13.9. The van der Waals surface area contributed by atoms with E-state index in [9.17, 15) is 14.7 Å². The molecule has 0 saturated carbocycles. The number of amides is 1. The summed E-state index contributed by atoms with van der Waals surface area (Å²) >= 11 is 6.27. The average Bonchev–Trinajstić information content (AvgIpc) is 3.29. The smallest absolute Gasteiger partial charge is 0.335 e. The third-order valence-electron chi connectivity index (χ3n) is 5.99. The highest BCUT2D eigenvalue weighted by molar-refractivity contribution is 6.31. The topological polar surface area (TPSA) is 83.6 Å². The molecule has 0 fully saturated rings. The molecule has 7 heteroatoms. The van der Waals surface area contributed by atoms with Crippen LogP contribution in [-0.4, -0.2) is 22.1 Å². The second-order valence-electron chi connectivity index (χ2n) is 7.70. The fourth-order valence-corrected chi connectivity index (χ4v) is 4.87. The van der Waals surface area contributed by atoms with E-state index in [1.807, 2.05) is 12.1 Å². The van der Waals surface area contributed by atoms with E-state index in [-0.39, 0.29) is 11.5 Å². The Kier molecular flexibility index (Phi) is 3.67. The van der Waals surface area contributed by atoms with Crippen LogP contribution in [0.1, 0.15) is 38.5 Å². The molecular formula is C22H17ClN2O4. The Hall–Kier alpha value is -3.12. The zero-order valence-corrected chi connectivity index (χ0v) is 16.6. The Bertz CT molecular complexity index is 1200. The van der Waals surface area contributed by atoms with E-state index in [4.69, 9.17) is 16.1 Å². The van der Waals surface area contributed by atoms with Gasteiger partial charge in [0.15, 0.2) is 5.76 Å². The predicted molar refractivity (Wildman–Crippen MR) is 107 cm³/mol. The quantitative estimate of drug-likeness (QED) is 0.681. The van der Waals surface area contributed by atoms with Gasteiger partial charge in [-0.15, -0.1) is 0 Å². The summed E-state index contributed by atoms with van der Waals surface area (Å²) in [5, 5.41) is 13.9. The second kappa shape index (κ2) is 5.94. The van der Waals surface area contributed by atoms with E-state index in [1.54, 1.807) is 43.0 Å². The number of anilines is 2. The van der Waals surface area contributed by atoms with Crippen LogP contribution in [0.2, 0.25) is 5.02 Å². The number of carbonyl (C=O) groups is 2. The van der Waals surface area contributed by atoms with Gasteiger partial charge in [0.2, 0.25) is 5.91 Å². The summed E-state index contributed by atoms with van der Waals surface area (Å²) in [7, 11) is 0. The van der Waals surface area contributed by atoms with Gasteiger partial charge in [-0.25, -0.2) is 4.79 Å². The van der Waals surface area contributed by atoms with Crippen molar-refractivity contribution in [3.8, 4) is 0 Å². The number of carboxylic acid groups (broad SMARTS) is 1. The van der Waals surface area contributed by atoms with Crippen molar-refractivity contribution in [3.63, 3.8) is 0 Å². The zero-order valence-electron chi connectivity index (χ0n) is 15.8. The maximum absolute atomic E-state index is 13.9. The predicted octanol–water partition coefficient (Wildman–Crippen LogP) is 4.36. The first-order valence-electron chi connectivity index (χ1n) is 9.24. The molecule has 1 spiro atoms. The number of carbonyl (C=O) groups excluding carboxylic acids is 1. The molecule has 1 N–H and O–H groups in total. The number of hydrogen-bond donors (Lipinski definition) is 1. The number of aromatic nitrogens is 1. The molecule has 0 bridgehead atoms. The summed E-state index contributed by atoms with van der Waals surface area (Å²) in [4.78, 5) is 26.9. The SMILES string of the molecule is Cc1noc(C)c1N1C(=O)[C@@]2(Cc3ccc(C(=O)O)cc3C2)c2ccc(Cl)cc21. The van der Waals surface area contributed by atoms with Crippen LogP contribution in [0.5, 0.6) is 0 Å². The van der Waals surface area contributed by atoms with Gasteiger partial charge in [-0.2, -0.15) is 0 Å². The van der Waals surface area contributed by atoms with E-state index in [2.05, 4.69) is 5.16 Å². The highest BCUT2D eigenvalue weighted by Crippen LogP contribution is 2.53. The Morgan fingerprint density at radius 2 is 1.93 bits per heavy atom. The monoisotopic (exact) mass is 408 g/mol. The molecule has 1 aliphatic heterocycles. The lowest BCUT2D eigenvalue weighted by molar-refractivity contribution is -0.122. The van der Waals surface area contributed by atoms with Crippen LogP contribution in [0.3, 0.4) is 0 Å². The van der Waals surface area contributed by atoms with E-state index in [0.29, 0.717) is 35.0 Å². The van der Waals surface area contributed by atoms with Gasteiger partial charge in [0, 0.05) is 5.02 Å². The highest BCUT2D eigenvalue weighted by Gasteiger charge is 2.55. The van der Waals surface area contributed by atoms with Gasteiger partial charge in [-0.05, 0) is 67.6 Å². The fraction of sp³-hybridized carbons (Fsp3) is 0.227. The van der Waals surface area contributed by atoms with Crippen molar-refractivity contribution in [3.05, 3.63) is 75.1 Å². The van der Waals surface area contributed by atoms with Crippen LogP contribution in [0.4, 0.5) is 11.4 Å². The largest absolute Gasteiger partial charge is 0.478 e. The van der Waals surface area contributed by atoms with Crippen molar-refractivity contribution in [1.82, 2.24) is 5.16 Å². The summed E-state index contributed by atoms with van der Waals surface area (Å²) in [6.45, 7) is 3.58. The molecule has 0 unspecified atom stereocenters. The molecule has 0 radical (unpaired) electrons. The molecule has 6 nitrogen and oxygen atoms in total. The van der Waals surface area contributed by atoms with E-state index in [1.165, 1.54) is 0 Å². The first-order valence-corrected chi connectivity index (χ1v) is 9.62. The highest BCUT2D eigenvalue weighted by atomic mass is 35.5. The Morgan fingerprint density at radius 3 is 2.62 bits per heavy atom. The minimum absolute atomic E-state index is 0.0720. The van der Waals surface area contributed by atoms with Gasteiger partial charge in [0.1, 0.15) is 11.4 Å². The third-order valence-corrected chi connectivity index (χ3v) is 6.22. The van der Waals surface area contributed by atoms with Crippen LogP contribution >= 0.6 is 11.6 Å². The molecule has 2 aliphatic rings. The number of fused-ring (bicyclic) bond motifs is 3. The Labute approximate surface area is 171 Å². The lowest BCUT2D eigenvalue weighted by atomic mass is 9.79. The minimum Gasteiger partial charge on any atom is -0.478 e. The van der Waals surface area contributed by atoms with E-state index in [0.717, 1.165) is 22.4 Å². The molecular weight excluding hydrogens is 392 g/mol. The van der Waals surface area contributed by atoms with Crippen LogP contribution in [0, 0.1) is 13.8 Å². The zero-order chi connectivity index (χ0) is 20.5. The van der Waals surface area contributed by atoms with Crippen molar-refractivity contribution in [1.29, 1.82) is 0 Å². The first-order chi connectivity index (χ1) is 13.8. The standard InChI is InChI=1S/C22H17ClN2O4/c1-11-19(12(2)29-24-11)25-18-8-16(23)5-6-17(18)22(21(25)28)9-14-4-3-13(20(26)27)7-15(14)10-22/h3-8H,9-10H2,1-2H3,(H,26,27)/t22-/m1/s1. The second-order valence-corrected chi connectivity index (χ2v) is 8.14. The van der Waals surface area contributed by atoms with Crippen molar-refractivity contribution in [2.45, 2.75) is 32.1 Å². The molecule has 146 valence electrons. The molecule has 3 aromatic rings. The van der Waals surface area contributed by atoms with Gasteiger partial charge >= 0.3 is 5.97 Å². The van der Waals surface area contributed by atoms with E-state index < -0.39 is 11.4 Å². The molecule has 1 amide bonds. The molecule has 0 saturated heterocycles. The third kappa shape index (κ3) is 2.39. The molecule has 1 atom stereocenters. The minimum atomic E-state index is -0.976. The van der Waals surface area contributed by atoms with Gasteiger partial charge in [-0.1, -0.05) is 28.9 Å². The normalized spacial score (nSPS) is 19.7. The lowest BCUT2D eigenvalue weighted by Gasteiger charge is -2.23. The van der Waals surface area contributed by atoms with Crippen molar-refractivity contribution in [2.24, 2.45) is 0 Å². The van der Waals surface area contributed by atoms with Crippen molar-refractivity contribution in [2.75, 3.05) is 4.90 Å². The summed E-state index contributed by atoms with van der Waals surface area (Å²) < 4.78 is 5.31. The van der Waals surface area contributed by atoms with Crippen LogP contribution in [0.15, 0.2) is 40.9 Å². The number of rotatable bonds is 2. The van der Waals surface area contributed by atoms with Crippen LogP contribution in [0.25, 0.3) is 0 Å². The summed E-state index contributed by atoms with van der Waals surface area (Å²) in [6, 6.07) is 10.6. The van der Waals surface area contributed by atoms with Gasteiger partial charge < -0.3 is 9.63 Å².